The smallest absolute Gasteiger partial charge is 0.352 e. The third-order valence-electron chi connectivity index (χ3n) is 13.0. The van der Waals surface area contributed by atoms with Gasteiger partial charge in [-0.05, 0) is 66.5 Å². The molecule has 0 aromatic heterocycles. The molecule has 2 bridgehead atoms. The van der Waals surface area contributed by atoms with Crippen LogP contribution in [0.5, 0.6) is 5.75 Å². The summed E-state index contributed by atoms with van der Waals surface area (Å²) >= 11 is 0. The molecule has 2 aromatic carbocycles. The lowest BCUT2D eigenvalue weighted by molar-refractivity contribution is -1.08. The van der Waals surface area contributed by atoms with Gasteiger partial charge in [-0.2, -0.15) is 0 Å². The number of nitrogens with zero attached hydrogens (tertiary/aromatic N) is 3. The number of benzene rings is 2. The molecule has 274 valence electrons. The second-order valence-electron chi connectivity index (χ2n) is 15.8. The van der Waals surface area contributed by atoms with Gasteiger partial charge in [-0.25, -0.2) is 9.59 Å². The van der Waals surface area contributed by atoms with Crippen LogP contribution in [0.25, 0.3) is 16.7 Å². The van der Waals surface area contributed by atoms with E-state index < -0.39 is 30.1 Å². The Bertz CT molecular complexity index is 1910. The van der Waals surface area contributed by atoms with Crippen LogP contribution in [0.3, 0.4) is 0 Å². The van der Waals surface area contributed by atoms with Crippen molar-refractivity contribution in [1.29, 1.82) is 0 Å². The number of fused-ring (bicyclic) bond motifs is 9. The van der Waals surface area contributed by atoms with Crippen LogP contribution >= 0.6 is 0 Å². The Kier molecular flexibility index (Phi) is 8.54. The molecule has 12 heteroatoms. The summed E-state index contributed by atoms with van der Waals surface area (Å²) < 4.78 is 13.8. The van der Waals surface area contributed by atoms with Crippen LogP contribution in [0.15, 0.2) is 53.7 Å². The SMILES string of the molecule is COC(=O)C=C1c2cc(CCC[N+]34CC[N+](CC(N)=O)(CC3)CC4)ccc2-c2c(OC3CCCC4C3=C(C(=O)O)N3C(=O)C(C(C)O)C43)cccc21. The van der Waals surface area contributed by atoms with E-state index in [1.165, 1.54) is 23.6 Å². The summed E-state index contributed by atoms with van der Waals surface area (Å²) in [6.07, 6.45) is 4.13. The summed E-state index contributed by atoms with van der Waals surface area (Å²) in [6, 6.07) is 11.8. The van der Waals surface area contributed by atoms with Gasteiger partial charge in [-0.15, -0.1) is 0 Å². The van der Waals surface area contributed by atoms with Crippen molar-refractivity contribution in [2.75, 3.05) is 59.5 Å². The first-order chi connectivity index (χ1) is 24.9. The van der Waals surface area contributed by atoms with Crippen molar-refractivity contribution < 1.29 is 47.8 Å². The highest BCUT2D eigenvalue weighted by atomic mass is 16.5. The minimum absolute atomic E-state index is 0.00541. The fraction of sp³-hybridized carbons (Fsp3) is 0.500. The zero-order chi connectivity index (χ0) is 36.5. The van der Waals surface area contributed by atoms with Crippen molar-refractivity contribution in [3.05, 3.63) is 70.4 Å². The number of nitrogens with two attached hydrogens (primary N) is 1. The molecule has 5 fully saturated rings. The molecule has 0 spiro atoms. The van der Waals surface area contributed by atoms with Crippen LogP contribution in [-0.2, 0) is 30.3 Å². The highest BCUT2D eigenvalue weighted by Crippen LogP contribution is 2.54. The molecule has 52 heavy (non-hydrogen) atoms. The molecule has 12 nitrogen and oxygen atoms in total. The third kappa shape index (κ3) is 5.54. The van der Waals surface area contributed by atoms with E-state index in [2.05, 4.69) is 18.2 Å². The van der Waals surface area contributed by atoms with Crippen molar-refractivity contribution in [3.63, 3.8) is 0 Å². The van der Waals surface area contributed by atoms with Gasteiger partial charge in [0.15, 0.2) is 6.54 Å². The number of rotatable bonds is 11. The van der Waals surface area contributed by atoms with Gasteiger partial charge in [0.25, 0.3) is 5.91 Å². The first-order valence-corrected chi connectivity index (χ1v) is 18.7. The summed E-state index contributed by atoms with van der Waals surface area (Å²) in [5, 5.41) is 20.7. The molecule has 2 aromatic rings. The number of aliphatic carboxylic acids is 1. The number of aliphatic hydroxyl groups excluding tert-OH is 1. The summed E-state index contributed by atoms with van der Waals surface area (Å²) in [5.41, 5.74) is 11.7. The Morgan fingerprint density at radius 1 is 1.02 bits per heavy atom. The summed E-state index contributed by atoms with van der Waals surface area (Å²) in [6.45, 7) is 9.34. The van der Waals surface area contributed by atoms with E-state index in [4.69, 9.17) is 15.2 Å². The van der Waals surface area contributed by atoms with Gasteiger partial charge in [0.2, 0.25) is 5.91 Å². The molecule has 2 amide bonds. The van der Waals surface area contributed by atoms with Crippen molar-refractivity contribution in [2.24, 2.45) is 17.6 Å². The Morgan fingerprint density at radius 2 is 1.75 bits per heavy atom. The number of hydrogen-bond donors (Lipinski definition) is 3. The highest BCUT2D eigenvalue weighted by molar-refractivity contribution is 6.08. The van der Waals surface area contributed by atoms with Crippen LogP contribution in [0.1, 0.15) is 49.3 Å². The monoisotopic (exact) mass is 712 g/mol. The molecular formula is C40H48N4O8+2. The molecule has 5 atom stereocenters. The largest absolute Gasteiger partial charge is 0.485 e. The molecule has 5 heterocycles. The maximum atomic E-state index is 13.1. The Hall–Kier alpha value is -4.52. The molecular weight excluding hydrogens is 664 g/mol. The lowest BCUT2D eigenvalue weighted by Gasteiger charge is -2.55. The third-order valence-corrected chi connectivity index (χ3v) is 13.0. The number of β-lactam (4-membered cyclic amide) rings is 1. The number of carbonyl (C=O) groups is 4. The summed E-state index contributed by atoms with van der Waals surface area (Å²) in [7, 11) is 1.36. The number of quaternary nitrogens is 2. The molecule has 1 saturated carbocycles. The zero-order valence-corrected chi connectivity index (χ0v) is 29.9. The molecule has 9 rings (SSSR count). The minimum atomic E-state index is -1.16. The van der Waals surface area contributed by atoms with E-state index in [9.17, 15) is 29.4 Å². The molecule has 5 unspecified atom stereocenters. The number of aliphatic hydroxyl groups is 1. The first-order valence-electron chi connectivity index (χ1n) is 18.7. The predicted molar refractivity (Wildman–Crippen MR) is 190 cm³/mol. The second kappa shape index (κ2) is 12.9. The van der Waals surface area contributed by atoms with E-state index in [0.29, 0.717) is 24.3 Å². The number of carbonyl (C=O) groups excluding carboxylic acids is 3. The molecule has 4 saturated heterocycles. The molecule has 2 aliphatic carbocycles. The van der Waals surface area contributed by atoms with Crippen molar-refractivity contribution in [2.45, 2.75) is 57.3 Å². The van der Waals surface area contributed by atoms with Crippen molar-refractivity contribution in [3.8, 4) is 16.9 Å². The summed E-state index contributed by atoms with van der Waals surface area (Å²) in [4.78, 5) is 51.5. The maximum Gasteiger partial charge on any atom is 0.352 e. The van der Waals surface area contributed by atoms with Crippen molar-refractivity contribution in [1.82, 2.24) is 4.90 Å². The van der Waals surface area contributed by atoms with E-state index in [-0.39, 0.29) is 29.5 Å². The van der Waals surface area contributed by atoms with Gasteiger partial charge in [0.1, 0.15) is 56.8 Å². The van der Waals surface area contributed by atoms with E-state index in [1.807, 2.05) is 18.2 Å². The second-order valence-corrected chi connectivity index (χ2v) is 15.8. The zero-order valence-electron chi connectivity index (χ0n) is 29.9. The topological polar surface area (TPSA) is 156 Å². The standard InChI is InChI=1S/C40H46N4O8/c1-23(45)34-37-27-8-4-10-31(36(27)38(40(49)50)42(37)39(34)48)52-30-9-3-7-25-29(21-33(47)51-2)28-20-24(11-12-26(28)35(25)30)6-5-13-43-14-17-44(18-15-43,19-16-43)22-32(41)46/h3,7,9,11-12,20-21,23,27,31,34,37,45H,4-6,8,10,13-19,22H2,1-2H3,(H-2,41,46,49,50)/p+2. The number of hydrogen-bond acceptors (Lipinski definition) is 7. The van der Waals surface area contributed by atoms with Crippen LogP contribution in [0.4, 0.5) is 0 Å². The van der Waals surface area contributed by atoms with E-state index in [1.54, 1.807) is 6.92 Å². The van der Waals surface area contributed by atoms with Crippen LogP contribution in [0, 0.1) is 11.8 Å². The van der Waals surface area contributed by atoms with Crippen molar-refractivity contribution >= 4 is 29.3 Å². The molecule has 0 radical (unpaired) electrons. The molecule has 7 aliphatic rings. The Labute approximate surface area is 303 Å². The number of primary amides is 1. The number of piperazine rings is 3. The van der Waals surface area contributed by atoms with Gasteiger partial charge >= 0.3 is 11.9 Å². The lowest BCUT2D eigenvalue weighted by Crippen LogP contribution is -2.76. The van der Waals surface area contributed by atoms with E-state index in [0.717, 1.165) is 108 Å². The van der Waals surface area contributed by atoms with Crippen LogP contribution in [0.2, 0.25) is 0 Å². The lowest BCUT2D eigenvalue weighted by atomic mass is 9.71. The number of esters is 1. The fourth-order valence-corrected chi connectivity index (χ4v) is 10.4. The number of amides is 2. The number of methoxy groups -OCH3 is 1. The van der Waals surface area contributed by atoms with Gasteiger partial charge in [-0.1, -0.05) is 30.3 Å². The van der Waals surface area contributed by atoms with Gasteiger partial charge < -0.3 is 39.3 Å². The Balaban J connectivity index is 1.06. The number of carboxylic acids is 1. The first kappa shape index (κ1) is 34.6. The highest BCUT2D eigenvalue weighted by Gasteiger charge is 2.62. The van der Waals surface area contributed by atoms with Gasteiger partial charge in [0.05, 0.1) is 31.7 Å². The average Bonchev–Trinajstić information content (AvgIpc) is 3.59. The van der Waals surface area contributed by atoms with Crippen LogP contribution < -0.4 is 10.5 Å². The average molecular weight is 713 g/mol. The number of carboxylic acid groups (broad SMARTS) is 1. The quantitative estimate of drug-likeness (QED) is 0.119. The maximum absolute atomic E-state index is 13.1. The Morgan fingerprint density at radius 3 is 2.42 bits per heavy atom. The number of aryl methyl sites for hydroxylation is 1. The molecule has 5 aliphatic heterocycles. The van der Waals surface area contributed by atoms with Crippen LogP contribution in [-0.4, -0.2) is 126 Å². The predicted octanol–water partition coefficient (Wildman–Crippen LogP) is 2.46. The normalized spacial score (nSPS) is 31.0. The number of ether oxygens (including phenoxy) is 2. The fourth-order valence-electron chi connectivity index (χ4n) is 10.4. The summed E-state index contributed by atoms with van der Waals surface area (Å²) in [5.74, 6) is -2.40. The van der Waals surface area contributed by atoms with Gasteiger partial charge in [0, 0.05) is 29.6 Å². The molecule has 4 N–H and O–H groups in total. The van der Waals surface area contributed by atoms with Gasteiger partial charge in [-0.3, -0.25) is 9.59 Å². The minimum Gasteiger partial charge on any atom is -0.485 e. The van der Waals surface area contributed by atoms with E-state index >= 15 is 0 Å².